The van der Waals surface area contributed by atoms with E-state index in [0.717, 1.165) is 30.1 Å². The van der Waals surface area contributed by atoms with Crippen molar-refractivity contribution in [3.63, 3.8) is 0 Å². The van der Waals surface area contributed by atoms with Crippen LogP contribution in [0.1, 0.15) is 31.4 Å². The molecule has 1 aliphatic rings. The van der Waals surface area contributed by atoms with Gasteiger partial charge in [-0.1, -0.05) is 12.1 Å². The van der Waals surface area contributed by atoms with Crippen LogP contribution in [-0.2, 0) is 10.8 Å². The van der Waals surface area contributed by atoms with Gasteiger partial charge < -0.3 is 10.1 Å². The van der Waals surface area contributed by atoms with Crippen LogP contribution >= 0.6 is 0 Å². The smallest absolute Gasteiger partial charge is 0.118 e. The SMILES string of the molecule is COc1ccc(C(C)NC2CCS(=O)CC2)cc1. The van der Waals surface area contributed by atoms with Gasteiger partial charge in [0.25, 0.3) is 0 Å². The average Bonchev–Trinajstić information content (AvgIpc) is 2.41. The molecule has 1 saturated heterocycles. The van der Waals surface area contributed by atoms with Crippen molar-refractivity contribution in [2.45, 2.75) is 31.8 Å². The predicted molar refractivity (Wildman–Crippen MR) is 75.4 cm³/mol. The van der Waals surface area contributed by atoms with Gasteiger partial charge in [0.05, 0.1) is 7.11 Å². The van der Waals surface area contributed by atoms with Crippen LogP contribution in [0.5, 0.6) is 5.75 Å². The number of hydrogen-bond donors (Lipinski definition) is 1. The van der Waals surface area contributed by atoms with E-state index in [0.29, 0.717) is 12.1 Å². The van der Waals surface area contributed by atoms with Crippen molar-refractivity contribution in [1.82, 2.24) is 5.32 Å². The van der Waals surface area contributed by atoms with Gasteiger partial charge >= 0.3 is 0 Å². The molecule has 1 N–H and O–H groups in total. The fourth-order valence-corrected chi connectivity index (χ4v) is 3.60. The first kappa shape index (κ1) is 13.6. The maximum Gasteiger partial charge on any atom is 0.118 e. The van der Waals surface area contributed by atoms with Crippen molar-refractivity contribution in [1.29, 1.82) is 0 Å². The summed E-state index contributed by atoms with van der Waals surface area (Å²) in [5.41, 5.74) is 1.27. The lowest BCUT2D eigenvalue weighted by Crippen LogP contribution is -2.37. The molecule has 0 saturated carbocycles. The Labute approximate surface area is 111 Å². The minimum atomic E-state index is -0.581. The molecule has 100 valence electrons. The van der Waals surface area contributed by atoms with Gasteiger partial charge in [0.15, 0.2) is 0 Å². The van der Waals surface area contributed by atoms with Crippen LogP contribution in [0, 0.1) is 0 Å². The van der Waals surface area contributed by atoms with Crippen molar-refractivity contribution in [2.24, 2.45) is 0 Å². The van der Waals surface area contributed by atoms with Gasteiger partial charge in [-0.2, -0.15) is 0 Å². The summed E-state index contributed by atoms with van der Waals surface area (Å²) in [6.07, 6.45) is 2.04. The Bertz CT molecular complexity index is 395. The first-order valence-electron chi connectivity index (χ1n) is 6.44. The lowest BCUT2D eigenvalue weighted by Gasteiger charge is -2.26. The summed E-state index contributed by atoms with van der Waals surface area (Å²) < 4.78 is 16.5. The van der Waals surface area contributed by atoms with E-state index in [4.69, 9.17) is 4.74 Å². The molecule has 1 aliphatic heterocycles. The highest BCUT2D eigenvalue weighted by Gasteiger charge is 2.19. The summed E-state index contributed by atoms with van der Waals surface area (Å²) in [7, 11) is 1.10. The highest BCUT2D eigenvalue weighted by atomic mass is 32.2. The Hall–Kier alpha value is -0.870. The summed E-state index contributed by atoms with van der Waals surface area (Å²) in [5.74, 6) is 2.57. The lowest BCUT2D eigenvalue weighted by molar-refractivity contribution is 0.412. The molecule has 1 atom stereocenters. The molecule has 1 aromatic carbocycles. The second-order valence-corrected chi connectivity index (χ2v) is 6.48. The van der Waals surface area contributed by atoms with E-state index < -0.39 is 10.8 Å². The van der Waals surface area contributed by atoms with Gasteiger partial charge in [-0.25, -0.2) is 0 Å². The molecule has 3 nitrogen and oxygen atoms in total. The van der Waals surface area contributed by atoms with Crippen LogP contribution in [0.25, 0.3) is 0 Å². The zero-order valence-corrected chi connectivity index (χ0v) is 11.8. The van der Waals surface area contributed by atoms with Crippen molar-refractivity contribution in [3.8, 4) is 5.75 Å². The van der Waals surface area contributed by atoms with E-state index in [9.17, 15) is 4.21 Å². The molecule has 0 bridgehead atoms. The Morgan fingerprint density at radius 3 is 2.44 bits per heavy atom. The maximum absolute atomic E-state index is 11.3. The third kappa shape index (κ3) is 3.56. The van der Waals surface area contributed by atoms with E-state index in [1.54, 1.807) is 7.11 Å². The average molecular weight is 267 g/mol. The topological polar surface area (TPSA) is 38.3 Å². The van der Waals surface area contributed by atoms with Crippen molar-refractivity contribution in [2.75, 3.05) is 18.6 Å². The lowest BCUT2D eigenvalue weighted by atomic mass is 10.1. The second kappa shape index (κ2) is 6.34. The van der Waals surface area contributed by atoms with Crippen LogP contribution in [-0.4, -0.2) is 28.9 Å². The van der Waals surface area contributed by atoms with Crippen LogP contribution < -0.4 is 10.1 Å². The Morgan fingerprint density at radius 2 is 1.89 bits per heavy atom. The van der Waals surface area contributed by atoms with Gasteiger partial charge in [0.1, 0.15) is 5.75 Å². The molecule has 1 aromatic rings. The quantitative estimate of drug-likeness (QED) is 0.909. The highest BCUT2D eigenvalue weighted by Crippen LogP contribution is 2.19. The minimum absolute atomic E-state index is 0.326. The Morgan fingerprint density at radius 1 is 1.28 bits per heavy atom. The number of benzene rings is 1. The molecule has 0 aromatic heterocycles. The number of ether oxygens (including phenoxy) is 1. The summed E-state index contributed by atoms with van der Waals surface area (Å²) in [5, 5.41) is 3.62. The molecule has 0 aliphatic carbocycles. The van der Waals surface area contributed by atoms with Crippen LogP contribution in [0.3, 0.4) is 0 Å². The summed E-state index contributed by atoms with van der Waals surface area (Å²) in [6, 6.07) is 8.99. The van der Waals surface area contributed by atoms with Gasteiger partial charge in [-0.15, -0.1) is 0 Å². The zero-order chi connectivity index (χ0) is 13.0. The molecular formula is C14H21NO2S. The van der Waals surface area contributed by atoms with E-state index in [1.165, 1.54) is 5.56 Å². The van der Waals surface area contributed by atoms with Gasteiger partial charge in [-0.05, 0) is 37.5 Å². The van der Waals surface area contributed by atoms with Crippen LogP contribution in [0.15, 0.2) is 24.3 Å². The van der Waals surface area contributed by atoms with E-state index >= 15 is 0 Å². The van der Waals surface area contributed by atoms with Gasteiger partial charge in [0.2, 0.25) is 0 Å². The molecule has 18 heavy (non-hydrogen) atoms. The van der Waals surface area contributed by atoms with Gasteiger partial charge in [0, 0.05) is 34.4 Å². The molecule has 1 fully saturated rings. The van der Waals surface area contributed by atoms with Crippen molar-refractivity contribution < 1.29 is 8.95 Å². The predicted octanol–water partition coefficient (Wildman–Crippen LogP) is 2.26. The van der Waals surface area contributed by atoms with Crippen LogP contribution in [0.4, 0.5) is 0 Å². The third-order valence-corrected chi connectivity index (χ3v) is 4.87. The first-order chi connectivity index (χ1) is 8.69. The Kier molecular flexibility index (Phi) is 4.78. The largest absolute Gasteiger partial charge is 0.497 e. The first-order valence-corrected chi connectivity index (χ1v) is 7.93. The molecule has 4 heteroatoms. The summed E-state index contributed by atoms with van der Waals surface area (Å²) in [6.45, 7) is 2.17. The molecule has 2 rings (SSSR count). The second-order valence-electron chi connectivity index (χ2n) is 4.78. The molecule has 0 amide bonds. The summed E-state index contributed by atoms with van der Waals surface area (Å²) >= 11 is 0. The molecule has 0 spiro atoms. The van der Waals surface area contributed by atoms with Gasteiger partial charge in [-0.3, -0.25) is 4.21 Å². The molecule has 1 heterocycles. The normalized spacial score (nSPS) is 25.7. The fraction of sp³-hybridized carbons (Fsp3) is 0.571. The number of methoxy groups -OCH3 is 1. The zero-order valence-electron chi connectivity index (χ0n) is 11.0. The standard InChI is InChI=1S/C14H21NO2S/c1-11(12-3-5-14(17-2)6-4-12)15-13-7-9-18(16)10-8-13/h3-6,11,13,15H,7-10H2,1-2H3. The number of rotatable bonds is 4. The van der Waals surface area contributed by atoms with Crippen molar-refractivity contribution in [3.05, 3.63) is 29.8 Å². The summed E-state index contributed by atoms with van der Waals surface area (Å²) in [4.78, 5) is 0. The number of hydrogen-bond acceptors (Lipinski definition) is 3. The van der Waals surface area contributed by atoms with Crippen molar-refractivity contribution >= 4 is 10.8 Å². The molecular weight excluding hydrogens is 246 g/mol. The minimum Gasteiger partial charge on any atom is -0.497 e. The third-order valence-electron chi connectivity index (χ3n) is 3.49. The molecule has 1 unspecified atom stereocenters. The van der Waals surface area contributed by atoms with Crippen LogP contribution in [0.2, 0.25) is 0 Å². The van der Waals surface area contributed by atoms with E-state index in [2.05, 4.69) is 24.4 Å². The Balaban J connectivity index is 1.90. The van der Waals surface area contributed by atoms with E-state index in [-0.39, 0.29) is 0 Å². The monoisotopic (exact) mass is 267 g/mol. The molecule has 0 radical (unpaired) electrons. The highest BCUT2D eigenvalue weighted by molar-refractivity contribution is 7.85. The fourth-order valence-electron chi connectivity index (χ4n) is 2.30. The number of nitrogens with one attached hydrogen (secondary N) is 1. The van der Waals surface area contributed by atoms with E-state index in [1.807, 2.05) is 12.1 Å². The maximum atomic E-state index is 11.3.